The fourth-order valence-electron chi connectivity index (χ4n) is 3.64. The van der Waals surface area contributed by atoms with Crippen LogP contribution in [0.3, 0.4) is 0 Å². The molecule has 1 amide bonds. The quantitative estimate of drug-likeness (QED) is 0.232. The van der Waals surface area contributed by atoms with Gasteiger partial charge in [-0.2, -0.15) is 0 Å². The second kappa shape index (κ2) is 11.6. The molecule has 0 aliphatic heterocycles. The summed E-state index contributed by atoms with van der Waals surface area (Å²) in [4.78, 5) is 13.0. The molecule has 184 valence electrons. The number of carbonyl (C=O) groups is 1. The van der Waals surface area contributed by atoms with Crippen LogP contribution in [0.5, 0.6) is 11.5 Å². The maximum Gasteiger partial charge on any atom is 0.456 e. The first-order valence-electron chi connectivity index (χ1n) is 11.6. The summed E-state index contributed by atoms with van der Waals surface area (Å²) in [6.45, 7) is 1.72. The molecule has 0 heterocycles. The van der Waals surface area contributed by atoms with Crippen LogP contribution in [0.15, 0.2) is 121 Å². The third kappa shape index (κ3) is 6.55. The summed E-state index contributed by atoms with van der Waals surface area (Å²) in [5.41, 5.74) is 1.68. The number of carbonyl (C=O) groups excluding carboxylic acids is 1. The van der Waals surface area contributed by atoms with Crippen LogP contribution >= 0.6 is 7.60 Å². The zero-order chi connectivity index (χ0) is 25.3. The van der Waals surface area contributed by atoms with Gasteiger partial charge >= 0.3 is 13.7 Å². The zero-order valence-corrected chi connectivity index (χ0v) is 20.8. The minimum Gasteiger partial charge on any atom is -0.445 e. The van der Waals surface area contributed by atoms with Gasteiger partial charge in [-0.3, -0.25) is 0 Å². The van der Waals surface area contributed by atoms with Crippen LogP contribution in [-0.2, 0) is 22.3 Å². The molecular formula is C29H28NO5P. The standard InChI is InChI=1S/C29H28NO5P/c1-29(22-24-14-6-2-7-15-24,30-28(31)33-23-25-16-8-3-9-17-25)36(32,34-26-18-10-4-11-19-26)35-27-20-12-5-13-21-27/h2-21H,22-23H2,1H3,(H,30,31). The van der Waals surface area contributed by atoms with Crippen LogP contribution in [0.2, 0.25) is 0 Å². The fourth-order valence-corrected chi connectivity index (χ4v) is 5.49. The van der Waals surface area contributed by atoms with E-state index < -0.39 is 19.0 Å². The van der Waals surface area contributed by atoms with Gasteiger partial charge in [-0.25, -0.2) is 9.36 Å². The summed E-state index contributed by atoms with van der Waals surface area (Å²) < 4.78 is 32.3. The van der Waals surface area contributed by atoms with Gasteiger partial charge < -0.3 is 19.1 Å². The number of alkyl carbamates (subject to hydrolysis) is 1. The third-order valence-electron chi connectivity index (χ3n) is 5.52. The summed E-state index contributed by atoms with van der Waals surface area (Å²) in [6, 6.07) is 36.3. The Labute approximate surface area is 211 Å². The van der Waals surface area contributed by atoms with Gasteiger partial charge in [-0.15, -0.1) is 0 Å². The van der Waals surface area contributed by atoms with Crippen molar-refractivity contribution in [2.24, 2.45) is 0 Å². The van der Waals surface area contributed by atoms with Crippen LogP contribution in [0.1, 0.15) is 18.1 Å². The number of hydrogen-bond donors (Lipinski definition) is 1. The van der Waals surface area contributed by atoms with Crippen LogP contribution in [-0.4, -0.2) is 11.4 Å². The van der Waals surface area contributed by atoms with Crippen LogP contribution in [0, 0.1) is 0 Å². The van der Waals surface area contributed by atoms with Crippen molar-refractivity contribution in [3.8, 4) is 11.5 Å². The first-order chi connectivity index (χ1) is 17.5. The highest BCUT2D eigenvalue weighted by atomic mass is 31.2. The summed E-state index contributed by atoms with van der Waals surface area (Å²) in [7, 11) is -4.11. The van der Waals surface area contributed by atoms with Crippen molar-refractivity contribution in [3.05, 3.63) is 132 Å². The van der Waals surface area contributed by atoms with Gasteiger partial charge in [0.1, 0.15) is 18.1 Å². The maximum absolute atomic E-state index is 14.7. The number of benzene rings is 4. The van der Waals surface area contributed by atoms with E-state index in [-0.39, 0.29) is 13.0 Å². The van der Waals surface area contributed by atoms with E-state index in [2.05, 4.69) is 5.32 Å². The topological polar surface area (TPSA) is 73.9 Å². The normalized spacial score (nSPS) is 12.7. The number of rotatable bonds is 10. The first-order valence-corrected chi connectivity index (χ1v) is 13.1. The first kappa shape index (κ1) is 25.1. The molecule has 7 heteroatoms. The van der Waals surface area contributed by atoms with Crippen molar-refractivity contribution in [3.63, 3.8) is 0 Å². The smallest absolute Gasteiger partial charge is 0.445 e. The van der Waals surface area contributed by atoms with E-state index in [1.165, 1.54) is 0 Å². The minimum atomic E-state index is -4.11. The molecule has 1 N–H and O–H groups in total. The number of ether oxygens (including phenoxy) is 1. The molecule has 0 spiro atoms. The molecule has 4 rings (SSSR count). The molecule has 36 heavy (non-hydrogen) atoms. The van der Waals surface area contributed by atoms with E-state index >= 15 is 0 Å². The summed E-state index contributed by atoms with van der Waals surface area (Å²) in [5.74, 6) is 0.714. The van der Waals surface area contributed by atoms with Crippen LogP contribution in [0.25, 0.3) is 0 Å². The lowest BCUT2D eigenvalue weighted by Crippen LogP contribution is -2.49. The Bertz CT molecular complexity index is 1240. The molecule has 0 aliphatic carbocycles. The monoisotopic (exact) mass is 501 g/mol. The molecule has 0 saturated heterocycles. The van der Waals surface area contributed by atoms with E-state index in [0.29, 0.717) is 11.5 Å². The highest BCUT2D eigenvalue weighted by Crippen LogP contribution is 2.59. The molecule has 0 bridgehead atoms. The molecule has 0 fully saturated rings. The second-order valence-corrected chi connectivity index (χ2v) is 10.8. The van der Waals surface area contributed by atoms with Gasteiger partial charge in [0.05, 0.1) is 0 Å². The van der Waals surface area contributed by atoms with Crippen molar-refractivity contribution in [2.75, 3.05) is 0 Å². The lowest BCUT2D eigenvalue weighted by atomic mass is 10.1. The molecule has 1 atom stereocenters. The zero-order valence-electron chi connectivity index (χ0n) is 19.9. The molecule has 0 saturated carbocycles. The van der Waals surface area contributed by atoms with E-state index in [4.69, 9.17) is 13.8 Å². The SMILES string of the molecule is CC(Cc1ccccc1)(NC(=O)OCc1ccccc1)P(=O)(Oc1ccccc1)Oc1ccccc1. The van der Waals surface area contributed by atoms with Crippen molar-refractivity contribution < 1.29 is 23.1 Å². The summed E-state index contributed by atoms with van der Waals surface area (Å²) in [5, 5.41) is 1.34. The molecule has 4 aromatic rings. The van der Waals surface area contributed by atoms with Gasteiger partial charge in [-0.05, 0) is 42.3 Å². The molecule has 0 radical (unpaired) electrons. The molecule has 0 aromatic heterocycles. The van der Waals surface area contributed by atoms with Gasteiger partial charge in [0, 0.05) is 6.42 Å². The number of hydrogen-bond acceptors (Lipinski definition) is 5. The van der Waals surface area contributed by atoms with E-state index in [0.717, 1.165) is 11.1 Å². The summed E-state index contributed by atoms with van der Waals surface area (Å²) >= 11 is 0. The Morgan fingerprint density at radius 1 is 0.694 bits per heavy atom. The van der Waals surface area contributed by atoms with Gasteiger partial charge in [0.25, 0.3) is 0 Å². The van der Waals surface area contributed by atoms with Crippen LogP contribution < -0.4 is 14.4 Å². The number of amides is 1. The average molecular weight is 502 g/mol. The van der Waals surface area contributed by atoms with E-state index in [1.807, 2.05) is 72.8 Å². The number of para-hydroxylation sites is 2. The largest absolute Gasteiger partial charge is 0.456 e. The Kier molecular flexibility index (Phi) is 8.09. The van der Waals surface area contributed by atoms with Crippen LogP contribution in [0.4, 0.5) is 4.79 Å². The fraction of sp³-hybridized carbons (Fsp3) is 0.138. The van der Waals surface area contributed by atoms with Gasteiger partial charge in [0.2, 0.25) is 0 Å². The minimum absolute atomic E-state index is 0.0669. The molecular weight excluding hydrogens is 473 g/mol. The third-order valence-corrected chi connectivity index (χ3v) is 7.90. The lowest BCUT2D eigenvalue weighted by Gasteiger charge is -2.36. The van der Waals surface area contributed by atoms with Crippen molar-refractivity contribution in [1.82, 2.24) is 5.32 Å². The second-order valence-electron chi connectivity index (χ2n) is 8.43. The van der Waals surface area contributed by atoms with Gasteiger partial charge in [0.15, 0.2) is 5.28 Å². The Balaban J connectivity index is 1.68. The number of nitrogens with one attached hydrogen (secondary N) is 1. The van der Waals surface area contributed by atoms with Gasteiger partial charge in [-0.1, -0.05) is 97.1 Å². The predicted octanol–water partition coefficient (Wildman–Crippen LogP) is 7.22. The molecule has 1 unspecified atom stereocenters. The van der Waals surface area contributed by atoms with Crippen molar-refractivity contribution >= 4 is 13.7 Å². The molecule has 0 aliphatic rings. The lowest BCUT2D eigenvalue weighted by molar-refractivity contribution is 0.131. The van der Waals surface area contributed by atoms with E-state index in [1.54, 1.807) is 55.5 Å². The highest BCUT2D eigenvalue weighted by Gasteiger charge is 2.52. The predicted molar refractivity (Wildman–Crippen MR) is 140 cm³/mol. The Morgan fingerprint density at radius 3 is 1.58 bits per heavy atom. The Hall–Kier alpha value is -4.02. The van der Waals surface area contributed by atoms with Crippen molar-refractivity contribution in [2.45, 2.75) is 25.2 Å². The molecule has 4 aromatic carbocycles. The molecule has 6 nitrogen and oxygen atoms in total. The summed E-state index contributed by atoms with van der Waals surface area (Å²) in [6.07, 6.45) is -0.559. The Morgan fingerprint density at radius 2 is 1.11 bits per heavy atom. The highest BCUT2D eigenvalue weighted by molar-refractivity contribution is 7.56. The average Bonchev–Trinajstić information content (AvgIpc) is 2.90. The maximum atomic E-state index is 14.7. The van der Waals surface area contributed by atoms with Crippen molar-refractivity contribution in [1.29, 1.82) is 0 Å². The van der Waals surface area contributed by atoms with E-state index in [9.17, 15) is 9.36 Å².